The molecule has 6 nitrogen and oxygen atoms in total. The predicted molar refractivity (Wildman–Crippen MR) is 106 cm³/mol. The Kier molecular flexibility index (Phi) is 10.3. The first-order valence-electron chi connectivity index (χ1n) is 8.42. The molecule has 2 heterocycles. The van der Waals surface area contributed by atoms with Crippen LogP contribution in [0.3, 0.4) is 0 Å². The largest absolute Gasteiger partial charge is 0.356 e. The molecule has 0 aromatic carbocycles. The van der Waals surface area contributed by atoms with Crippen molar-refractivity contribution in [1.82, 2.24) is 25.3 Å². The Morgan fingerprint density at radius 3 is 2.61 bits per heavy atom. The van der Waals surface area contributed by atoms with E-state index in [1.54, 1.807) is 6.20 Å². The minimum Gasteiger partial charge on any atom is -0.356 e. The molecule has 0 aliphatic carbocycles. The van der Waals surface area contributed by atoms with Crippen molar-refractivity contribution in [2.45, 2.75) is 32.7 Å². The van der Waals surface area contributed by atoms with E-state index in [9.17, 15) is 0 Å². The molecular weight excluding hydrogens is 403 g/mol. The molecule has 1 saturated heterocycles. The molecule has 0 bridgehead atoms. The van der Waals surface area contributed by atoms with Gasteiger partial charge < -0.3 is 15.5 Å². The number of nitrogens with one attached hydrogen (secondary N) is 2. The second-order valence-electron chi connectivity index (χ2n) is 6.07. The number of nitrogens with zero attached hydrogens (tertiary/aromatic N) is 4. The highest BCUT2D eigenvalue weighted by Crippen LogP contribution is 2.15. The Hall–Kier alpha value is -0.830. The summed E-state index contributed by atoms with van der Waals surface area (Å²) in [5, 5.41) is 10.9. The van der Waals surface area contributed by atoms with Crippen LogP contribution in [0, 0.1) is 5.92 Å². The highest BCUT2D eigenvalue weighted by atomic mass is 127. The number of hydrogen-bond donors (Lipinski definition) is 2. The van der Waals surface area contributed by atoms with Crippen LogP contribution in [0.4, 0.5) is 0 Å². The van der Waals surface area contributed by atoms with Crippen LogP contribution in [0.5, 0.6) is 0 Å². The molecule has 0 amide bonds. The minimum atomic E-state index is 0. The Bertz CT molecular complexity index is 426. The van der Waals surface area contributed by atoms with E-state index < -0.39 is 0 Å². The minimum absolute atomic E-state index is 0. The van der Waals surface area contributed by atoms with Gasteiger partial charge >= 0.3 is 0 Å². The van der Waals surface area contributed by atoms with Crippen LogP contribution >= 0.6 is 24.0 Å². The summed E-state index contributed by atoms with van der Waals surface area (Å²) >= 11 is 0. The molecule has 1 aliphatic heterocycles. The molecule has 0 atom stereocenters. The average Bonchev–Trinajstić information content (AvgIpc) is 3.04. The Morgan fingerprint density at radius 2 is 1.96 bits per heavy atom. The lowest BCUT2D eigenvalue weighted by Crippen LogP contribution is -2.40. The molecule has 23 heavy (non-hydrogen) atoms. The molecule has 7 heteroatoms. The summed E-state index contributed by atoms with van der Waals surface area (Å²) in [5.41, 5.74) is 0. The molecular formula is C16H31IN6. The number of piperidine rings is 1. The van der Waals surface area contributed by atoms with Gasteiger partial charge in [-0.2, -0.15) is 5.10 Å². The van der Waals surface area contributed by atoms with Crippen molar-refractivity contribution in [2.75, 3.05) is 39.8 Å². The third-order valence-corrected chi connectivity index (χ3v) is 4.24. The van der Waals surface area contributed by atoms with Gasteiger partial charge in [0.15, 0.2) is 5.96 Å². The monoisotopic (exact) mass is 434 g/mol. The number of rotatable bonds is 7. The van der Waals surface area contributed by atoms with E-state index in [1.165, 1.54) is 32.5 Å². The third kappa shape index (κ3) is 8.01. The second kappa shape index (κ2) is 11.7. The van der Waals surface area contributed by atoms with Gasteiger partial charge in [-0.1, -0.05) is 6.92 Å². The number of likely N-dealkylation sites (tertiary alicyclic amines) is 1. The number of aromatic nitrogens is 2. The number of hydrogen-bond acceptors (Lipinski definition) is 3. The standard InChI is InChI=1S/C16H30N6.HI/c1-15-5-12-21(13-6-15)10-3-7-18-16(17-2)19-9-14-22-11-4-8-20-22;/h4,8,11,15H,3,5-7,9-10,12-14H2,1-2H3,(H2,17,18,19);1H. The summed E-state index contributed by atoms with van der Waals surface area (Å²) in [4.78, 5) is 6.83. The molecule has 2 rings (SSSR count). The molecule has 2 N–H and O–H groups in total. The number of halogens is 1. The van der Waals surface area contributed by atoms with Crippen LogP contribution in [0.2, 0.25) is 0 Å². The van der Waals surface area contributed by atoms with Gasteiger partial charge in [-0.05, 0) is 50.9 Å². The molecule has 0 unspecified atom stereocenters. The Balaban J connectivity index is 0.00000264. The van der Waals surface area contributed by atoms with Crippen LogP contribution in [-0.4, -0.2) is 60.4 Å². The number of aliphatic imine (C=N–C) groups is 1. The maximum absolute atomic E-state index is 4.25. The van der Waals surface area contributed by atoms with Gasteiger partial charge in [0.05, 0.1) is 6.54 Å². The first-order chi connectivity index (χ1) is 10.8. The van der Waals surface area contributed by atoms with Gasteiger partial charge in [0.2, 0.25) is 0 Å². The zero-order valence-electron chi connectivity index (χ0n) is 14.4. The van der Waals surface area contributed by atoms with Gasteiger partial charge in [-0.15, -0.1) is 24.0 Å². The van der Waals surface area contributed by atoms with Crippen LogP contribution in [-0.2, 0) is 6.54 Å². The van der Waals surface area contributed by atoms with E-state index in [-0.39, 0.29) is 24.0 Å². The lowest BCUT2D eigenvalue weighted by Gasteiger charge is -2.30. The van der Waals surface area contributed by atoms with E-state index in [2.05, 4.69) is 32.5 Å². The van der Waals surface area contributed by atoms with Gasteiger partial charge in [-0.3, -0.25) is 9.67 Å². The maximum atomic E-state index is 4.25. The van der Waals surface area contributed by atoms with Crippen molar-refractivity contribution in [3.05, 3.63) is 18.5 Å². The lowest BCUT2D eigenvalue weighted by molar-refractivity contribution is 0.191. The highest BCUT2D eigenvalue weighted by molar-refractivity contribution is 14.0. The van der Waals surface area contributed by atoms with Crippen LogP contribution < -0.4 is 10.6 Å². The van der Waals surface area contributed by atoms with Crippen molar-refractivity contribution in [3.8, 4) is 0 Å². The molecule has 0 radical (unpaired) electrons. The molecule has 0 saturated carbocycles. The van der Waals surface area contributed by atoms with Gasteiger partial charge in [0.1, 0.15) is 0 Å². The molecule has 1 aromatic heterocycles. The lowest BCUT2D eigenvalue weighted by atomic mass is 9.99. The van der Waals surface area contributed by atoms with Crippen molar-refractivity contribution < 1.29 is 0 Å². The van der Waals surface area contributed by atoms with Crippen LogP contribution in [0.25, 0.3) is 0 Å². The normalized spacial score (nSPS) is 16.9. The van der Waals surface area contributed by atoms with Crippen molar-refractivity contribution in [2.24, 2.45) is 10.9 Å². The van der Waals surface area contributed by atoms with Gasteiger partial charge in [0, 0.05) is 32.5 Å². The summed E-state index contributed by atoms with van der Waals surface area (Å²) < 4.78 is 1.91. The maximum Gasteiger partial charge on any atom is 0.191 e. The van der Waals surface area contributed by atoms with E-state index in [0.29, 0.717) is 0 Å². The van der Waals surface area contributed by atoms with Gasteiger partial charge in [0.25, 0.3) is 0 Å². The SMILES string of the molecule is CN=C(NCCCN1CCC(C)CC1)NCCn1cccn1.I. The smallest absolute Gasteiger partial charge is 0.191 e. The summed E-state index contributed by atoms with van der Waals surface area (Å²) in [5.74, 6) is 1.78. The fourth-order valence-electron chi connectivity index (χ4n) is 2.74. The zero-order chi connectivity index (χ0) is 15.6. The molecule has 1 aromatic rings. The van der Waals surface area contributed by atoms with Crippen LogP contribution in [0.15, 0.2) is 23.5 Å². The summed E-state index contributed by atoms with van der Waals surface area (Å²) in [6, 6.07) is 1.94. The average molecular weight is 434 g/mol. The Morgan fingerprint density at radius 1 is 1.22 bits per heavy atom. The fraction of sp³-hybridized carbons (Fsp3) is 0.750. The number of guanidine groups is 1. The fourth-order valence-corrected chi connectivity index (χ4v) is 2.74. The molecule has 1 aliphatic rings. The summed E-state index contributed by atoms with van der Waals surface area (Å²) in [7, 11) is 1.81. The second-order valence-corrected chi connectivity index (χ2v) is 6.07. The van der Waals surface area contributed by atoms with E-state index in [4.69, 9.17) is 0 Å². The highest BCUT2D eigenvalue weighted by Gasteiger charge is 2.14. The zero-order valence-corrected chi connectivity index (χ0v) is 16.7. The van der Waals surface area contributed by atoms with Crippen LogP contribution in [0.1, 0.15) is 26.2 Å². The van der Waals surface area contributed by atoms with Crippen molar-refractivity contribution >= 4 is 29.9 Å². The third-order valence-electron chi connectivity index (χ3n) is 4.24. The summed E-state index contributed by atoms with van der Waals surface area (Å²) in [6.45, 7) is 8.70. The van der Waals surface area contributed by atoms with Crippen molar-refractivity contribution in [3.63, 3.8) is 0 Å². The van der Waals surface area contributed by atoms with Crippen molar-refractivity contribution in [1.29, 1.82) is 0 Å². The molecule has 0 spiro atoms. The van der Waals surface area contributed by atoms with E-state index in [0.717, 1.165) is 37.9 Å². The topological polar surface area (TPSA) is 57.5 Å². The first-order valence-corrected chi connectivity index (χ1v) is 8.42. The predicted octanol–water partition coefficient (Wildman–Crippen LogP) is 1.79. The first kappa shape index (κ1) is 20.2. The van der Waals surface area contributed by atoms with Gasteiger partial charge in [-0.25, -0.2) is 0 Å². The quantitative estimate of drug-likeness (QED) is 0.298. The van der Waals surface area contributed by atoms with E-state index >= 15 is 0 Å². The molecule has 1 fully saturated rings. The Labute approximate surface area is 157 Å². The van der Waals surface area contributed by atoms with E-state index in [1.807, 2.05) is 24.0 Å². The summed E-state index contributed by atoms with van der Waals surface area (Å²) in [6.07, 6.45) is 7.63. The molecule has 132 valence electrons.